The van der Waals surface area contributed by atoms with E-state index in [2.05, 4.69) is 0 Å². The summed E-state index contributed by atoms with van der Waals surface area (Å²) in [4.78, 5) is 27.2. The van der Waals surface area contributed by atoms with Gasteiger partial charge >= 0.3 is 0 Å². The fourth-order valence-electron chi connectivity index (χ4n) is 3.41. The van der Waals surface area contributed by atoms with Gasteiger partial charge in [-0.2, -0.15) is 0 Å². The maximum absolute atomic E-state index is 12.9. The first-order chi connectivity index (χ1) is 16.0. The third-order valence-corrected chi connectivity index (χ3v) is 6.21. The van der Waals surface area contributed by atoms with E-state index in [-0.39, 0.29) is 17.7 Å². The summed E-state index contributed by atoms with van der Waals surface area (Å²) in [5, 5.41) is -0.264. The monoisotopic (exact) mass is 459 g/mol. The average Bonchev–Trinajstić information content (AvgIpc) is 3.07. The molecule has 0 spiro atoms. The Bertz CT molecular complexity index is 1190. The number of imide groups is 1. The van der Waals surface area contributed by atoms with Gasteiger partial charge in [0.05, 0.1) is 11.4 Å². The van der Waals surface area contributed by atoms with E-state index in [1.54, 1.807) is 6.08 Å². The van der Waals surface area contributed by atoms with Crippen LogP contribution in [0.2, 0.25) is 0 Å². The van der Waals surface area contributed by atoms with Crippen LogP contribution < -0.4 is 9.47 Å². The third kappa shape index (κ3) is 5.65. The van der Waals surface area contributed by atoms with Crippen molar-refractivity contribution in [1.82, 2.24) is 4.90 Å². The van der Waals surface area contributed by atoms with Crippen LogP contribution in [0.25, 0.3) is 6.08 Å². The number of carbonyl (C=O) groups is 2. The van der Waals surface area contributed by atoms with Crippen molar-refractivity contribution in [2.75, 3.05) is 13.2 Å². The molecule has 4 rings (SSSR count). The van der Waals surface area contributed by atoms with Crippen LogP contribution in [-0.2, 0) is 11.3 Å². The van der Waals surface area contributed by atoms with Crippen LogP contribution in [0.3, 0.4) is 0 Å². The van der Waals surface area contributed by atoms with Crippen LogP contribution in [0, 0.1) is 13.8 Å². The average molecular weight is 460 g/mol. The molecule has 1 aliphatic rings. The Labute approximate surface area is 198 Å². The van der Waals surface area contributed by atoms with Crippen LogP contribution in [0.1, 0.15) is 22.3 Å². The summed E-state index contributed by atoms with van der Waals surface area (Å²) in [5.41, 5.74) is 3.93. The molecule has 1 aliphatic heterocycles. The van der Waals surface area contributed by atoms with Gasteiger partial charge in [0.15, 0.2) is 0 Å². The Morgan fingerprint density at radius 3 is 2.33 bits per heavy atom. The second kappa shape index (κ2) is 10.4. The summed E-state index contributed by atoms with van der Waals surface area (Å²) in [7, 11) is 0. The fraction of sp³-hybridized carbons (Fsp3) is 0.185. The predicted molar refractivity (Wildman–Crippen MR) is 131 cm³/mol. The first-order valence-corrected chi connectivity index (χ1v) is 11.5. The molecule has 3 aromatic rings. The van der Waals surface area contributed by atoms with Crippen LogP contribution >= 0.6 is 11.8 Å². The Balaban J connectivity index is 1.41. The zero-order valence-corrected chi connectivity index (χ0v) is 19.4. The largest absolute Gasteiger partial charge is 0.490 e. The minimum atomic E-state index is -0.286. The number of amides is 2. The highest BCUT2D eigenvalue weighted by Crippen LogP contribution is 2.35. The molecule has 0 bridgehead atoms. The molecule has 0 unspecified atom stereocenters. The summed E-state index contributed by atoms with van der Waals surface area (Å²) < 4.78 is 11.6. The highest BCUT2D eigenvalue weighted by atomic mass is 32.2. The van der Waals surface area contributed by atoms with Gasteiger partial charge in [-0.1, -0.05) is 60.2 Å². The standard InChI is InChI=1S/C27H25NO4S/c1-19-11-13-23(14-12-19)31-15-16-32-24-10-6-5-8-21(24)17-25-26(29)28(27(30)33-25)18-22-9-4-3-7-20(22)2/h3-14,17H,15-16,18H2,1-2H3/b25-17-. The summed E-state index contributed by atoms with van der Waals surface area (Å²) >= 11 is 0.955. The van der Waals surface area contributed by atoms with E-state index in [0.29, 0.717) is 23.9 Å². The second-order valence-electron chi connectivity index (χ2n) is 7.74. The van der Waals surface area contributed by atoms with Crippen LogP contribution in [0.4, 0.5) is 4.79 Å². The predicted octanol–water partition coefficient (Wildman–Crippen LogP) is 6.00. The van der Waals surface area contributed by atoms with Crippen molar-refractivity contribution < 1.29 is 19.1 Å². The molecule has 168 valence electrons. The Morgan fingerprint density at radius 2 is 1.55 bits per heavy atom. The number of hydrogen-bond donors (Lipinski definition) is 0. The number of para-hydroxylation sites is 1. The molecular weight excluding hydrogens is 434 g/mol. The Hall–Kier alpha value is -3.51. The lowest BCUT2D eigenvalue weighted by Gasteiger charge is -2.14. The molecule has 0 saturated carbocycles. The molecule has 6 heteroatoms. The van der Waals surface area contributed by atoms with E-state index in [1.807, 2.05) is 86.6 Å². The van der Waals surface area contributed by atoms with Gasteiger partial charge in [-0.05, 0) is 61.0 Å². The van der Waals surface area contributed by atoms with E-state index >= 15 is 0 Å². The van der Waals surface area contributed by atoms with Gasteiger partial charge in [0.2, 0.25) is 0 Å². The van der Waals surface area contributed by atoms with Gasteiger partial charge in [0, 0.05) is 5.56 Å². The Kier molecular flexibility index (Phi) is 7.15. The lowest BCUT2D eigenvalue weighted by atomic mass is 10.1. The number of nitrogens with zero attached hydrogens (tertiary/aromatic N) is 1. The lowest BCUT2D eigenvalue weighted by Crippen LogP contribution is -2.27. The molecular formula is C27H25NO4S. The fourth-order valence-corrected chi connectivity index (χ4v) is 4.24. The number of hydrogen-bond acceptors (Lipinski definition) is 5. The topological polar surface area (TPSA) is 55.8 Å². The number of ether oxygens (including phenoxy) is 2. The molecule has 0 aliphatic carbocycles. The van der Waals surface area contributed by atoms with Crippen molar-refractivity contribution in [3.8, 4) is 11.5 Å². The summed E-state index contributed by atoms with van der Waals surface area (Å²) in [5.74, 6) is 1.14. The highest BCUT2D eigenvalue weighted by molar-refractivity contribution is 8.18. The zero-order chi connectivity index (χ0) is 23.2. The molecule has 0 aromatic heterocycles. The minimum Gasteiger partial charge on any atom is -0.490 e. The van der Waals surface area contributed by atoms with Crippen molar-refractivity contribution in [3.05, 3.63) is 100.0 Å². The third-order valence-electron chi connectivity index (χ3n) is 5.30. The van der Waals surface area contributed by atoms with Gasteiger partial charge in [-0.3, -0.25) is 14.5 Å². The molecule has 0 radical (unpaired) electrons. The number of aryl methyl sites for hydroxylation is 2. The Morgan fingerprint density at radius 1 is 0.848 bits per heavy atom. The van der Waals surface area contributed by atoms with Crippen molar-refractivity contribution in [1.29, 1.82) is 0 Å². The molecule has 0 N–H and O–H groups in total. The number of rotatable bonds is 8. The SMILES string of the molecule is Cc1ccc(OCCOc2ccccc2/C=C2\SC(=O)N(Cc3ccccc3C)C2=O)cc1. The molecule has 0 atom stereocenters. The van der Waals surface area contributed by atoms with Crippen LogP contribution in [0.15, 0.2) is 77.7 Å². The van der Waals surface area contributed by atoms with Gasteiger partial charge in [-0.25, -0.2) is 0 Å². The summed E-state index contributed by atoms with van der Waals surface area (Å²) in [6.45, 7) is 5.02. The van der Waals surface area contributed by atoms with Crippen molar-refractivity contribution >= 4 is 29.0 Å². The van der Waals surface area contributed by atoms with Crippen LogP contribution in [-0.4, -0.2) is 29.3 Å². The number of benzene rings is 3. The van der Waals surface area contributed by atoms with Gasteiger partial charge in [0.25, 0.3) is 11.1 Å². The van der Waals surface area contributed by atoms with Crippen molar-refractivity contribution in [2.45, 2.75) is 20.4 Å². The van der Waals surface area contributed by atoms with Gasteiger partial charge in [0.1, 0.15) is 24.7 Å². The lowest BCUT2D eigenvalue weighted by molar-refractivity contribution is -0.123. The molecule has 5 nitrogen and oxygen atoms in total. The molecule has 1 heterocycles. The molecule has 1 saturated heterocycles. The highest BCUT2D eigenvalue weighted by Gasteiger charge is 2.35. The normalized spacial score (nSPS) is 14.7. The molecule has 33 heavy (non-hydrogen) atoms. The van der Waals surface area contributed by atoms with E-state index in [1.165, 1.54) is 10.5 Å². The van der Waals surface area contributed by atoms with Gasteiger partial charge < -0.3 is 9.47 Å². The van der Waals surface area contributed by atoms with Crippen molar-refractivity contribution in [2.24, 2.45) is 0 Å². The van der Waals surface area contributed by atoms with Crippen LogP contribution in [0.5, 0.6) is 11.5 Å². The van der Waals surface area contributed by atoms with E-state index < -0.39 is 0 Å². The first kappa shape index (κ1) is 22.7. The maximum atomic E-state index is 12.9. The van der Waals surface area contributed by atoms with E-state index in [9.17, 15) is 9.59 Å². The molecule has 2 amide bonds. The molecule has 1 fully saturated rings. The number of thioether (sulfide) groups is 1. The zero-order valence-electron chi connectivity index (χ0n) is 18.6. The molecule has 3 aromatic carbocycles. The minimum absolute atomic E-state index is 0.264. The van der Waals surface area contributed by atoms with E-state index in [0.717, 1.165) is 34.2 Å². The second-order valence-corrected chi connectivity index (χ2v) is 8.74. The maximum Gasteiger partial charge on any atom is 0.293 e. The quantitative estimate of drug-likeness (QED) is 0.306. The number of carbonyl (C=O) groups excluding carboxylic acids is 2. The smallest absolute Gasteiger partial charge is 0.293 e. The van der Waals surface area contributed by atoms with Gasteiger partial charge in [-0.15, -0.1) is 0 Å². The summed E-state index contributed by atoms with van der Waals surface area (Å²) in [6.07, 6.45) is 1.72. The summed E-state index contributed by atoms with van der Waals surface area (Å²) in [6, 6.07) is 23.1. The first-order valence-electron chi connectivity index (χ1n) is 10.7. The van der Waals surface area contributed by atoms with Crippen molar-refractivity contribution in [3.63, 3.8) is 0 Å². The van der Waals surface area contributed by atoms with E-state index in [4.69, 9.17) is 9.47 Å².